The van der Waals surface area contributed by atoms with Crippen LogP contribution >= 0.6 is 0 Å². The zero-order valence-electron chi connectivity index (χ0n) is 22.5. The molecule has 13 heteroatoms. The lowest BCUT2D eigenvalue weighted by Crippen LogP contribution is -2.47. The molecule has 1 unspecified atom stereocenters. The molecule has 2 aromatic carbocycles. The van der Waals surface area contributed by atoms with Gasteiger partial charge in [-0.25, -0.2) is 4.98 Å². The van der Waals surface area contributed by atoms with Crippen molar-refractivity contribution >= 4 is 46.3 Å². The summed E-state index contributed by atoms with van der Waals surface area (Å²) in [5, 5.41) is 8.13. The largest absolute Gasteiger partial charge is 0.488 e. The van der Waals surface area contributed by atoms with E-state index in [0.29, 0.717) is 55.5 Å². The monoisotopic (exact) mass is 577 g/mol. The molecule has 2 aliphatic heterocycles. The van der Waals surface area contributed by atoms with Gasteiger partial charge < -0.3 is 30.5 Å². The van der Waals surface area contributed by atoms with E-state index in [2.05, 4.69) is 49.5 Å². The highest BCUT2D eigenvalue weighted by atomic mass is 19.4. The minimum atomic E-state index is -4.73. The highest BCUT2D eigenvalue weighted by Gasteiger charge is 2.62. The van der Waals surface area contributed by atoms with Crippen LogP contribution in [-0.2, 0) is 15.8 Å². The van der Waals surface area contributed by atoms with Gasteiger partial charge in [-0.1, -0.05) is 12.6 Å². The fourth-order valence-corrected chi connectivity index (χ4v) is 5.48. The summed E-state index contributed by atoms with van der Waals surface area (Å²) in [7, 11) is 0. The van der Waals surface area contributed by atoms with Crippen molar-refractivity contribution in [3.8, 4) is 5.75 Å². The average molecular weight is 578 g/mol. The normalized spacial score (nSPS) is 20.4. The maximum absolute atomic E-state index is 13.8. The van der Waals surface area contributed by atoms with Crippen LogP contribution in [0.4, 0.5) is 47.7 Å². The molecule has 3 N–H and O–H groups in total. The number of carbonyl (C=O) groups is 2. The van der Waals surface area contributed by atoms with Crippen LogP contribution in [0, 0.1) is 18.1 Å². The van der Waals surface area contributed by atoms with E-state index in [1.165, 1.54) is 12.1 Å². The minimum absolute atomic E-state index is 0.0469. The molecule has 1 aliphatic carbocycles. The molecule has 10 nitrogen and oxygen atoms in total. The Morgan fingerprint density at radius 2 is 2.00 bits per heavy atom. The van der Waals surface area contributed by atoms with Gasteiger partial charge in [0.15, 0.2) is 5.75 Å². The number of anilines is 6. The second kappa shape index (κ2) is 10.1. The summed E-state index contributed by atoms with van der Waals surface area (Å²) in [6, 6.07) is 14.0. The number of fused-ring (bicyclic) bond motifs is 2. The number of amides is 2. The Hall–Kier alpha value is -4.99. The molecular weight excluding hydrogens is 551 g/mol. The molecule has 1 aromatic heterocycles. The predicted octanol–water partition coefficient (Wildman–Crippen LogP) is 4.53. The third-order valence-corrected chi connectivity index (χ3v) is 7.71. The Morgan fingerprint density at radius 1 is 1.19 bits per heavy atom. The van der Waals surface area contributed by atoms with Crippen molar-refractivity contribution in [2.24, 2.45) is 5.92 Å². The van der Waals surface area contributed by atoms with Gasteiger partial charge >= 0.3 is 6.18 Å². The molecule has 0 bridgehead atoms. The smallest absolute Gasteiger partial charge is 0.421 e. The second-order valence-corrected chi connectivity index (χ2v) is 10.4. The lowest BCUT2D eigenvalue weighted by molar-refractivity contribution is -0.137. The maximum atomic E-state index is 13.8. The molecule has 1 saturated carbocycles. The number of nitrogens with zero attached hydrogens (tertiary/aromatic N) is 4. The first-order valence-electron chi connectivity index (χ1n) is 13.2. The van der Waals surface area contributed by atoms with Crippen LogP contribution in [0.1, 0.15) is 18.9 Å². The first-order chi connectivity index (χ1) is 20.1. The van der Waals surface area contributed by atoms with Crippen LogP contribution in [0.2, 0.25) is 0 Å². The Bertz CT molecular complexity index is 1580. The molecular formula is C29H26F3N7O3. The number of hydrogen-bond donors (Lipinski definition) is 3. The Labute approximate surface area is 239 Å². The standard InChI is InChI=1S/C29H26F3N7O3/c1-3-25(41)34-19-5-4-6-20(11-19)35-26-22(29(30,31)32)14-33-27(37-26)36-21-7-8-23-24(12-21)42-16-28-13-18(28)15-38(17(2)40)9-10-39(23)28/h3-6,11-12,14,18H,1,9-10,13,15-16H2,2H3,(H,34,41)(H2,33,35,36,37)/t18?,28-/m0/s1. The van der Waals surface area contributed by atoms with Gasteiger partial charge in [-0.15, -0.1) is 0 Å². The number of nitrogens with one attached hydrogen (secondary N) is 3. The van der Waals surface area contributed by atoms with Crippen molar-refractivity contribution in [2.45, 2.75) is 25.1 Å². The molecule has 2 atom stereocenters. The van der Waals surface area contributed by atoms with Crippen LogP contribution in [0.3, 0.4) is 0 Å². The van der Waals surface area contributed by atoms with E-state index in [1.807, 2.05) is 4.90 Å². The molecule has 3 aliphatic rings. The highest BCUT2D eigenvalue weighted by molar-refractivity contribution is 5.99. The van der Waals surface area contributed by atoms with Crippen molar-refractivity contribution in [3.63, 3.8) is 0 Å². The van der Waals surface area contributed by atoms with Crippen molar-refractivity contribution in [1.29, 1.82) is 0 Å². The van der Waals surface area contributed by atoms with E-state index >= 15 is 0 Å². The van der Waals surface area contributed by atoms with Crippen molar-refractivity contribution in [3.05, 3.63) is 66.9 Å². The number of rotatable bonds is 6. The quantitative estimate of drug-likeness (QED) is 0.367. The zero-order chi connectivity index (χ0) is 29.6. The lowest BCUT2D eigenvalue weighted by atomic mass is 10.1. The van der Waals surface area contributed by atoms with Gasteiger partial charge in [0.25, 0.3) is 0 Å². The molecule has 2 amide bonds. The van der Waals surface area contributed by atoms with Gasteiger partial charge in [0.2, 0.25) is 17.8 Å². The topological polar surface area (TPSA) is 112 Å². The van der Waals surface area contributed by atoms with Crippen LogP contribution < -0.4 is 25.6 Å². The number of ether oxygens (including phenoxy) is 1. The van der Waals surface area contributed by atoms with E-state index in [0.717, 1.165) is 18.2 Å². The molecule has 3 aromatic rings. The fourth-order valence-electron chi connectivity index (χ4n) is 5.48. The second-order valence-electron chi connectivity index (χ2n) is 10.4. The van der Waals surface area contributed by atoms with Gasteiger partial charge in [0, 0.05) is 56.1 Å². The van der Waals surface area contributed by atoms with Crippen molar-refractivity contribution in [1.82, 2.24) is 14.9 Å². The molecule has 2 fully saturated rings. The Morgan fingerprint density at radius 3 is 2.76 bits per heavy atom. The van der Waals surface area contributed by atoms with Crippen LogP contribution in [0.25, 0.3) is 0 Å². The maximum Gasteiger partial charge on any atom is 0.421 e. The summed E-state index contributed by atoms with van der Waals surface area (Å²) in [5.74, 6) is -0.133. The number of carbonyl (C=O) groups excluding carboxylic acids is 2. The molecule has 6 rings (SSSR count). The van der Waals surface area contributed by atoms with Gasteiger partial charge in [-0.05, 0) is 42.8 Å². The molecule has 42 heavy (non-hydrogen) atoms. The first-order valence-corrected chi connectivity index (χ1v) is 13.2. The fraction of sp³-hybridized carbons (Fsp3) is 0.310. The van der Waals surface area contributed by atoms with Crippen LogP contribution in [0.5, 0.6) is 5.75 Å². The van der Waals surface area contributed by atoms with Gasteiger partial charge in [0.05, 0.1) is 11.2 Å². The van der Waals surface area contributed by atoms with Gasteiger partial charge in [0.1, 0.15) is 23.7 Å². The van der Waals surface area contributed by atoms with E-state index < -0.39 is 23.5 Å². The van der Waals surface area contributed by atoms with Crippen molar-refractivity contribution < 1.29 is 27.5 Å². The van der Waals surface area contributed by atoms with Gasteiger partial charge in [-0.3, -0.25) is 9.59 Å². The lowest BCUT2D eigenvalue weighted by Gasteiger charge is -2.38. The number of halogens is 3. The molecule has 1 saturated heterocycles. The number of alkyl halides is 3. The molecule has 1 spiro atoms. The number of hydrogen-bond acceptors (Lipinski definition) is 8. The van der Waals surface area contributed by atoms with E-state index in [9.17, 15) is 22.8 Å². The van der Waals surface area contributed by atoms with E-state index in [4.69, 9.17) is 4.74 Å². The number of aromatic nitrogens is 2. The zero-order valence-corrected chi connectivity index (χ0v) is 22.5. The van der Waals surface area contributed by atoms with Crippen LogP contribution in [0.15, 0.2) is 49.2 Å². The predicted molar refractivity (Wildman–Crippen MR) is 149 cm³/mol. The van der Waals surface area contributed by atoms with E-state index in [1.54, 1.807) is 25.1 Å². The summed E-state index contributed by atoms with van der Waals surface area (Å²) < 4.78 is 47.5. The molecule has 216 valence electrons. The highest BCUT2D eigenvalue weighted by Crippen LogP contribution is 2.55. The summed E-state index contributed by atoms with van der Waals surface area (Å²) in [4.78, 5) is 35.7. The van der Waals surface area contributed by atoms with Crippen molar-refractivity contribution in [2.75, 3.05) is 47.1 Å². The minimum Gasteiger partial charge on any atom is -0.488 e. The summed E-state index contributed by atoms with van der Waals surface area (Å²) >= 11 is 0. The molecule has 3 heterocycles. The van der Waals surface area contributed by atoms with Crippen LogP contribution in [-0.4, -0.2) is 58.5 Å². The average Bonchev–Trinajstić information content (AvgIpc) is 3.65. The third-order valence-electron chi connectivity index (χ3n) is 7.71. The summed E-state index contributed by atoms with van der Waals surface area (Å²) in [6.07, 6.45) is -2.03. The third kappa shape index (κ3) is 5.11. The van der Waals surface area contributed by atoms with Gasteiger partial charge in [-0.2, -0.15) is 18.2 Å². The number of benzene rings is 1. The first kappa shape index (κ1) is 27.2. The molecule has 0 radical (unpaired) electrons. The Kier molecular flexibility index (Phi) is 6.56. The van der Waals surface area contributed by atoms with E-state index in [-0.39, 0.29) is 23.1 Å². The summed E-state index contributed by atoms with van der Waals surface area (Å²) in [5.41, 5.74) is 0.489. The SMILES string of the molecule is C=CC(=O)Nc1cccc(Nc2nc(Nc3c#cc4c(c3)OC[C@@]35CC3CN(C(C)=O)CCN45)ncc2C(F)(F)F)c1. The Balaban J connectivity index is 1.24. The summed E-state index contributed by atoms with van der Waals surface area (Å²) in [6.45, 7) is 7.36.